The summed E-state index contributed by atoms with van der Waals surface area (Å²) >= 11 is 0. The number of guanidine groups is 1. The molecule has 0 aliphatic heterocycles. The lowest BCUT2D eigenvalue weighted by Gasteiger charge is -2.12. The zero-order valence-electron chi connectivity index (χ0n) is 18.6. The number of halogens is 2. The van der Waals surface area contributed by atoms with Gasteiger partial charge in [-0.1, -0.05) is 0 Å². The summed E-state index contributed by atoms with van der Waals surface area (Å²) in [7, 11) is 4.10. The number of nitrogens with two attached hydrogens (primary N) is 1. The molecule has 0 saturated carbocycles. The Bertz CT molecular complexity index is 1000. The van der Waals surface area contributed by atoms with Gasteiger partial charge in [-0.25, -0.2) is 13.8 Å². The minimum absolute atomic E-state index is 0.0263. The second kappa shape index (κ2) is 13.1. The Labute approximate surface area is 190 Å². The monoisotopic (exact) mass is 463 g/mol. The van der Waals surface area contributed by atoms with Crippen molar-refractivity contribution >= 4 is 29.8 Å². The number of anilines is 2. The molecule has 0 bridgehead atoms. The summed E-state index contributed by atoms with van der Waals surface area (Å²) in [5, 5.41) is 11.8. The highest BCUT2D eigenvalue weighted by Gasteiger charge is 2.19. The molecule has 0 atom stereocenters. The van der Waals surface area contributed by atoms with Gasteiger partial charge >= 0.3 is 0 Å². The van der Waals surface area contributed by atoms with E-state index >= 15 is 0 Å². The molecule has 33 heavy (non-hydrogen) atoms. The standard InChI is InChI=1S/C22H27F2N5O4/c1-26-22(29-15-5-4-14(17(25)10-15)12-27-6-8-30)28-7-9-33-13-16-20(23)18(31-2)11-19(32-3)21(16)24/h4-5,7,10-12,30H,6,8-9,13,25H2,1-3H3,(H,26,29). The molecule has 9 nitrogen and oxygen atoms in total. The van der Waals surface area contributed by atoms with Crippen LogP contribution in [-0.4, -0.2) is 64.5 Å². The molecule has 0 spiro atoms. The van der Waals surface area contributed by atoms with Gasteiger partial charge in [0.25, 0.3) is 0 Å². The van der Waals surface area contributed by atoms with Gasteiger partial charge in [-0.05, 0) is 18.2 Å². The number of hydrogen-bond acceptors (Lipinski definition) is 7. The van der Waals surface area contributed by atoms with E-state index in [2.05, 4.69) is 20.3 Å². The molecular weight excluding hydrogens is 436 g/mol. The Morgan fingerprint density at radius 1 is 1.15 bits per heavy atom. The van der Waals surface area contributed by atoms with E-state index in [-0.39, 0.29) is 42.8 Å². The first-order valence-electron chi connectivity index (χ1n) is 9.88. The predicted octanol–water partition coefficient (Wildman–Crippen LogP) is 2.66. The number of nitrogen functional groups attached to an aromatic ring is 1. The van der Waals surface area contributed by atoms with Crippen molar-refractivity contribution in [2.75, 3.05) is 52.1 Å². The number of hydrogen-bond donors (Lipinski definition) is 3. The van der Waals surface area contributed by atoms with Crippen molar-refractivity contribution in [1.82, 2.24) is 0 Å². The van der Waals surface area contributed by atoms with Crippen molar-refractivity contribution in [1.29, 1.82) is 0 Å². The minimum atomic E-state index is -0.854. The molecule has 0 aliphatic carbocycles. The van der Waals surface area contributed by atoms with Gasteiger partial charge in [0.05, 0.1) is 46.1 Å². The lowest BCUT2D eigenvalue weighted by Crippen LogP contribution is -2.11. The maximum Gasteiger partial charge on any atom is 0.221 e. The maximum atomic E-state index is 14.3. The zero-order valence-corrected chi connectivity index (χ0v) is 18.6. The average Bonchev–Trinajstić information content (AvgIpc) is 2.81. The van der Waals surface area contributed by atoms with Gasteiger partial charge in [0.1, 0.15) is 0 Å². The number of methoxy groups -OCH3 is 2. The van der Waals surface area contributed by atoms with Crippen LogP contribution >= 0.6 is 0 Å². The van der Waals surface area contributed by atoms with E-state index in [1.165, 1.54) is 20.4 Å². The van der Waals surface area contributed by atoms with Gasteiger partial charge in [0.15, 0.2) is 23.1 Å². The van der Waals surface area contributed by atoms with Crippen LogP contribution in [0.15, 0.2) is 39.2 Å². The maximum absolute atomic E-state index is 14.3. The van der Waals surface area contributed by atoms with Gasteiger partial charge in [-0.3, -0.25) is 9.98 Å². The molecule has 0 heterocycles. The van der Waals surface area contributed by atoms with Crippen molar-refractivity contribution in [3.05, 3.63) is 47.0 Å². The Balaban J connectivity index is 1.96. The second-order valence-electron chi connectivity index (χ2n) is 6.49. The van der Waals surface area contributed by atoms with Crippen LogP contribution in [-0.2, 0) is 11.3 Å². The molecule has 0 fully saturated rings. The number of aliphatic hydroxyl groups excluding tert-OH is 1. The van der Waals surface area contributed by atoms with E-state index in [1.807, 2.05) is 0 Å². The molecule has 0 amide bonds. The fraction of sp³-hybridized carbons (Fsp3) is 0.318. The van der Waals surface area contributed by atoms with Crippen LogP contribution in [0.2, 0.25) is 0 Å². The summed E-state index contributed by atoms with van der Waals surface area (Å²) in [6.45, 7) is -0.111. The predicted molar refractivity (Wildman–Crippen MR) is 125 cm³/mol. The van der Waals surface area contributed by atoms with E-state index in [0.29, 0.717) is 17.9 Å². The topological polar surface area (TPSA) is 123 Å². The largest absolute Gasteiger partial charge is 0.494 e. The average molecular weight is 463 g/mol. The Morgan fingerprint density at radius 2 is 1.85 bits per heavy atom. The molecule has 11 heteroatoms. The summed E-state index contributed by atoms with van der Waals surface area (Å²) < 4.78 is 43.8. The van der Waals surface area contributed by atoms with Crippen molar-refractivity contribution in [3.8, 4) is 11.5 Å². The number of rotatable bonds is 10. The van der Waals surface area contributed by atoms with E-state index in [0.717, 1.165) is 11.6 Å². The third-order valence-electron chi connectivity index (χ3n) is 4.33. The molecule has 0 unspecified atom stereocenters. The smallest absolute Gasteiger partial charge is 0.221 e. The molecule has 0 saturated heterocycles. The zero-order chi connectivity index (χ0) is 24.2. The molecule has 2 rings (SSSR count). The van der Waals surface area contributed by atoms with Crippen LogP contribution in [0.4, 0.5) is 20.2 Å². The molecule has 2 aromatic carbocycles. The Kier molecular flexibility index (Phi) is 10.2. The molecule has 0 radical (unpaired) electrons. The number of benzene rings is 2. The molecule has 2 aromatic rings. The second-order valence-corrected chi connectivity index (χ2v) is 6.49. The SMILES string of the molecule is CN=C(N=CCOCc1c(F)c(OC)cc(OC)c1F)Nc1ccc(C=NCCO)c(N)c1. The molecule has 178 valence electrons. The quantitative estimate of drug-likeness (QED) is 0.215. The highest BCUT2D eigenvalue weighted by atomic mass is 19.1. The van der Waals surface area contributed by atoms with Crippen LogP contribution in [0.3, 0.4) is 0 Å². The van der Waals surface area contributed by atoms with Crippen molar-refractivity contribution in [2.24, 2.45) is 15.0 Å². The fourth-order valence-corrected chi connectivity index (χ4v) is 2.67. The van der Waals surface area contributed by atoms with Gasteiger partial charge in [-0.15, -0.1) is 0 Å². The Morgan fingerprint density at radius 3 is 2.42 bits per heavy atom. The fourth-order valence-electron chi connectivity index (χ4n) is 2.67. The Hall–Kier alpha value is -3.57. The van der Waals surface area contributed by atoms with Gasteiger partial charge in [-0.2, -0.15) is 0 Å². The normalized spacial score (nSPS) is 12.0. The van der Waals surface area contributed by atoms with Crippen LogP contribution < -0.4 is 20.5 Å². The number of aliphatic hydroxyl groups is 1. The lowest BCUT2D eigenvalue weighted by molar-refractivity contribution is 0.152. The molecule has 0 aromatic heterocycles. The van der Waals surface area contributed by atoms with Gasteiger partial charge in [0, 0.05) is 42.5 Å². The van der Waals surface area contributed by atoms with Crippen LogP contribution in [0.1, 0.15) is 11.1 Å². The van der Waals surface area contributed by atoms with E-state index in [4.69, 9.17) is 25.1 Å². The highest BCUT2D eigenvalue weighted by molar-refractivity contribution is 5.99. The van der Waals surface area contributed by atoms with E-state index in [1.54, 1.807) is 31.5 Å². The first kappa shape index (κ1) is 25.7. The molecule has 0 aliphatic rings. The summed E-state index contributed by atoms with van der Waals surface area (Å²) in [5.74, 6) is -1.72. The van der Waals surface area contributed by atoms with E-state index < -0.39 is 11.6 Å². The number of nitrogens with one attached hydrogen (secondary N) is 1. The van der Waals surface area contributed by atoms with E-state index in [9.17, 15) is 8.78 Å². The van der Waals surface area contributed by atoms with Crippen molar-refractivity contribution in [2.45, 2.75) is 6.61 Å². The van der Waals surface area contributed by atoms with Gasteiger partial charge < -0.3 is 30.4 Å². The number of nitrogens with zero attached hydrogens (tertiary/aromatic N) is 3. The van der Waals surface area contributed by atoms with Crippen LogP contribution in [0.5, 0.6) is 11.5 Å². The lowest BCUT2D eigenvalue weighted by atomic mass is 10.1. The van der Waals surface area contributed by atoms with Gasteiger partial charge in [0.2, 0.25) is 5.96 Å². The third-order valence-corrected chi connectivity index (χ3v) is 4.33. The van der Waals surface area contributed by atoms with Crippen molar-refractivity contribution in [3.63, 3.8) is 0 Å². The summed E-state index contributed by atoms with van der Waals surface area (Å²) in [6.07, 6.45) is 2.99. The molecule has 4 N–H and O–H groups in total. The van der Waals surface area contributed by atoms with Crippen LogP contribution in [0.25, 0.3) is 0 Å². The van der Waals surface area contributed by atoms with Crippen LogP contribution in [0, 0.1) is 11.6 Å². The number of aliphatic imine (C=N–C) groups is 3. The summed E-state index contributed by atoms with van der Waals surface area (Å²) in [4.78, 5) is 12.2. The highest BCUT2D eigenvalue weighted by Crippen LogP contribution is 2.31. The molecular formula is C22H27F2N5O4. The minimum Gasteiger partial charge on any atom is -0.494 e. The van der Waals surface area contributed by atoms with Crippen molar-refractivity contribution < 1.29 is 28.1 Å². The first-order valence-corrected chi connectivity index (χ1v) is 9.88. The first-order chi connectivity index (χ1) is 15.9. The number of ether oxygens (including phenoxy) is 3. The summed E-state index contributed by atoms with van der Waals surface area (Å²) in [5.41, 5.74) is 7.56. The summed E-state index contributed by atoms with van der Waals surface area (Å²) in [6, 6.07) is 6.37. The third kappa shape index (κ3) is 7.22.